The molecule has 2 heterocycles. The van der Waals surface area contributed by atoms with Gasteiger partial charge in [0.25, 0.3) is 0 Å². The molecular formula is C12H20N2O2. The third-order valence-corrected chi connectivity index (χ3v) is 4.24. The van der Waals surface area contributed by atoms with Crippen LogP contribution in [0, 0.1) is 5.92 Å². The van der Waals surface area contributed by atoms with Crippen molar-refractivity contribution in [3.63, 3.8) is 0 Å². The molecule has 16 heavy (non-hydrogen) atoms. The Kier molecular flexibility index (Phi) is 2.44. The van der Waals surface area contributed by atoms with Crippen LogP contribution in [0.1, 0.15) is 32.1 Å². The van der Waals surface area contributed by atoms with Gasteiger partial charge in [0.1, 0.15) is 0 Å². The Morgan fingerprint density at radius 2 is 2.00 bits per heavy atom. The van der Waals surface area contributed by atoms with Crippen molar-refractivity contribution in [3.8, 4) is 0 Å². The van der Waals surface area contributed by atoms with Crippen molar-refractivity contribution in [3.05, 3.63) is 0 Å². The van der Waals surface area contributed by atoms with Crippen LogP contribution < -0.4 is 5.32 Å². The highest BCUT2D eigenvalue weighted by atomic mass is 16.3. The summed E-state index contributed by atoms with van der Waals surface area (Å²) in [4.78, 5) is 14.0. The summed E-state index contributed by atoms with van der Waals surface area (Å²) in [6.07, 6.45) is 5.49. The van der Waals surface area contributed by atoms with E-state index in [9.17, 15) is 9.90 Å². The van der Waals surface area contributed by atoms with Crippen molar-refractivity contribution < 1.29 is 9.90 Å². The molecule has 1 saturated carbocycles. The number of carbonyl (C=O) groups excluding carboxylic acids is 1. The number of amides is 1. The second kappa shape index (κ2) is 3.70. The zero-order valence-electron chi connectivity index (χ0n) is 9.61. The molecule has 2 saturated heterocycles. The van der Waals surface area contributed by atoms with Gasteiger partial charge < -0.3 is 10.4 Å². The van der Waals surface area contributed by atoms with Crippen LogP contribution in [0.25, 0.3) is 0 Å². The fourth-order valence-corrected chi connectivity index (χ4v) is 3.03. The van der Waals surface area contributed by atoms with Crippen molar-refractivity contribution in [1.82, 2.24) is 10.2 Å². The molecule has 1 amide bonds. The second-order valence-corrected chi connectivity index (χ2v) is 5.59. The quantitative estimate of drug-likeness (QED) is 0.700. The van der Waals surface area contributed by atoms with Gasteiger partial charge in [0.05, 0.1) is 11.6 Å². The SMILES string of the molecule is O=C1NCCCCC1N1CC(O)(C2CC2)C1. The molecule has 3 fully saturated rings. The highest BCUT2D eigenvalue weighted by Gasteiger charge is 2.54. The number of nitrogens with zero attached hydrogens (tertiary/aromatic N) is 1. The lowest BCUT2D eigenvalue weighted by Gasteiger charge is -2.49. The molecule has 0 bridgehead atoms. The number of hydrogen-bond acceptors (Lipinski definition) is 3. The first-order valence-corrected chi connectivity index (χ1v) is 6.43. The fourth-order valence-electron chi connectivity index (χ4n) is 3.03. The van der Waals surface area contributed by atoms with E-state index in [0.29, 0.717) is 19.0 Å². The van der Waals surface area contributed by atoms with Crippen LogP contribution in [-0.4, -0.2) is 47.2 Å². The van der Waals surface area contributed by atoms with E-state index in [1.54, 1.807) is 0 Å². The van der Waals surface area contributed by atoms with E-state index in [0.717, 1.165) is 25.8 Å². The number of β-amino-alcohol motifs (C(OH)–C–C–N with tert-alkyl or cyclic N) is 1. The van der Waals surface area contributed by atoms with Gasteiger partial charge in [0, 0.05) is 19.6 Å². The first-order valence-electron chi connectivity index (χ1n) is 6.43. The van der Waals surface area contributed by atoms with Gasteiger partial charge in [-0.25, -0.2) is 0 Å². The summed E-state index contributed by atoms with van der Waals surface area (Å²) in [7, 11) is 0. The van der Waals surface area contributed by atoms with Gasteiger partial charge in [-0.2, -0.15) is 0 Å². The molecule has 4 nitrogen and oxygen atoms in total. The second-order valence-electron chi connectivity index (χ2n) is 5.59. The third kappa shape index (κ3) is 1.74. The van der Waals surface area contributed by atoms with E-state index < -0.39 is 5.60 Å². The molecule has 0 spiro atoms. The average molecular weight is 224 g/mol. The Bertz CT molecular complexity index is 295. The summed E-state index contributed by atoms with van der Waals surface area (Å²) >= 11 is 0. The molecule has 4 heteroatoms. The molecule has 3 aliphatic rings. The van der Waals surface area contributed by atoms with Crippen molar-refractivity contribution in [2.24, 2.45) is 5.92 Å². The maximum Gasteiger partial charge on any atom is 0.237 e. The van der Waals surface area contributed by atoms with Crippen LogP contribution in [0.3, 0.4) is 0 Å². The minimum Gasteiger partial charge on any atom is -0.387 e. The van der Waals surface area contributed by atoms with E-state index in [1.807, 2.05) is 0 Å². The lowest BCUT2D eigenvalue weighted by Crippen LogP contribution is -2.67. The standard InChI is InChI=1S/C12H20N2O2/c15-11-10(3-1-2-6-13-11)14-7-12(16,8-14)9-4-5-9/h9-10,16H,1-8H2,(H,13,15). The zero-order chi connectivity index (χ0) is 11.2. The zero-order valence-corrected chi connectivity index (χ0v) is 9.61. The summed E-state index contributed by atoms with van der Waals surface area (Å²) in [5.74, 6) is 0.674. The molecule has 0 aromatic rings. The smallest absolute Gasteiger partial charge is 0.237 e. The Labute approximate surface area is 96.0 Å². The van der Waals surface area contributed by atoms with E-state index in [-0.39, 0.29) is 11.9 Å². The van der Waals surface area contributed by atoms with Crippen LogP contribution in [0.5, 0.6) is 0 Å². The maximum atomic E-state index is 11.8. The lowest BCUT2D eigenvalue weighted by molar-refractivity contribution is -0.149. The molecule has 1 unspecified atom stereocenters. The van der Waals surface area contributed by atoms with Crippen molar-refractivity contribution in [2.75, 3.05) is 19.6 Å². The monoisotopic (exact) mass is 224 g/mol. The summed E-state index contributed by atoms with van der Waals surface area (Å²) in [5.41, 5.74) is -0.466. The Balaban J connectivity index is 1.59. The van der Waals surface area contributed by atoms with Gasteiger partial charge in [-0.05, 0) is 38.0 Å². The number of carbonyl (C=O) groups is 1. The minimum absolute atomic E-state index is 0.0153. The molecule has 2 aliphatic heterocycles. The first-order chi connectivity index (χ1) is 7.69. The number of aliphatic hydroxyl groups is 1. The van der Waals surface area contributed by atoms with Crippen molar-refractivity contribution in [1.29, 1.82) is 0 Å². The number of nitrogens with one attached hydrogen (secondary N) is 1. The first kappa shape index (κ1) is 10.5. The van der Waals surface area contributed by atoms with E-state index >= 15 is 0 Å². The minimum atomic E-state index is -0.466. The normalized spacial score (nSPS) is 35.1. The third-order valence-electron chi connectivity index (χ3n) is 4.24. The van der Waals surface area contributed by atoms with Gasteiger partial charge in [0.2, 0.25) is 5.91 Å². The van der Waals surface area contributed by atoms with Gasteiger partial charge >= 0.3 is 0 Å². The van der Waals surface area contributed by atoms with Gasteiger partial charge in [-0.15, -0.1) is 0 Å². The Morgan fingerprint density at radius 3 is 2.69 bits per heavy atom. The summed E-state index contributed by atoms with van der Waals surface area (Å²) in [6.45, 7) is 2.22. The Morgan fingerprint density at radius 1 is 1.25 bits per heavy atom. The van der Waals surface area contributed by atoms with Crippen molar-refractivity contribution in [2.45, 2.75) is 43.7 Å². The van der Waals surface area contributed by atoms with E-state index in [1.165, 1.54) is 12.8 Å². The molecule has 2 N–H and O–H groups in total. The van der Waals surface area contributed by atoms with Crippen LogP contribution in [-0.2, 0) is 4.79 Å². The predicted octanol–water partition coefficient (Wildman–Crippen LogP) is 0.112. The topological polar surface area (TPSA) is 52.6 Å². The van der Waals surface area contributed by atoms with Gasteiger partial charge in [-0.1, -0.05) is 0 Å². The molecule has 90 valence electrons. The van der Waals surface area contributed by atoms with Crippen LogP contribution >= 0.6 is 0 Å². The van der Waals surface area contributed by atoms with Crippen molar-refractivity contribution >= 4 is 5.91 Å². The number of likely N-dealkylation sites (tertiary alicyclic amines) is 1. The molecule has 1 aliphatic carbocycles. The predicted molar refractivity (Wildman–Crippen MR) is 59.9 cm³/mol. The highest BCUT2D eigenvalue weighted by molar-refractivity contribution is 5.82. The van der Waals surface area contributed by atoms with Crippen LogP contribution in [0.4, 0.5) is 0 Å². The fraction of sp³-hybridized carbons (Fsp3) is 0.917. The maximum absolute atomic E-state index is 11.8. The van der Waals surface area contributed by atoms with Gasteiger partial charge in [-0.3, -0.25) is 9.69 Å². The number of hydrogen-bond donors (Lipinski definition) is 2. The average Bonchev–Trinajstić information content (AvgIpc) is 3.00. The molecule has 1 atom stereocenters. The van der Waals surface area contributed by atoms with E-state index in [2.05, 4.69) is 10.2 Å². The Hall–Kier alpha value is -0.610. The molecule has 0 aromatic heterocycles. The van der Waals surface area contributed by atoms with Gasteiger partial charge in [0.15, 0.2) is 0 Å². The lowest BCUT2D eigenvalue weighted by atomic mass is 9.86. The number of rotatable bonds is 2. The highest BCUT2D eigenvalue weighted by Crippen LogP contribution is 2.45. The van der Waals surface area contributed by atoms with Crippen LogP contribution in [0.15, 0.2) is 0 Å². The molecule has 0 aromatic carbocycles. The molecular weight excluding hydrogens is 204 g/mol. The molecule has 0 radical (unpaired) electrons. The summed E-state index contributed by atoms with van der Waals surface area (Å²) < 4.78 is 0. The van der Waals surface area contributed by atoms with E-state index in [4.69, 9.17) is 0 Å². The summed E-state index contributed by atoms with van der Waals surface area (Å²) in [6, 6.07) is 0.0153. The van der Waals surface area contributed by atoms with Crippen LogP contribution in [0.2, 0.25) is 0 Å². The molecule has 3 rings (SSSR count). The largest absolute Gasteiger partial charge is 0.387 e. The summed E-state index contributed by atoms with van der Waals surface area (Å²) in [5, 5.41) is 13.2.